The van der Waals surface area contributed by atoms with E-state index in [0.29, 0.717) is 5.56 Å². The summed E-state index contributed by atoms with van der Waals surface area (Å²) in [5.74, 6) is -1.15. The smallest absolute Gasteiger partial charge is 0.408 e. The van der Waals surface area contributed by atoms with Crippen molar-refractivity contribution in [3.8, 4) is 18.2 Å². The first kappa shape index (κ1) is 23.8. The molecule has 0 aliphatic carbocycles. The van der Waals surface area contributed by atoms with Gasteiger partial charge in [0.1, 0.15) is 23.9 Å². The Balaban J connectivity index is 3.08. The van der Waals surface area contributed by atoms with Gasteiger partial charge in [0, 0.05) is 11.6 Å². The van der Waals surface area contributed by atoms with Crippen LogP contribution < -0.4 is 10.6 Å². The molecule has 0 aliphatic rings. The van der Waals surface area contributed by atoms with E-state index in [1.54, 1.807) is 41.5 Å². The fraction of sp³-hybridized carbons (Fsp3) is 0.476. The van der Waals surface area contributed by atoms with Gasteiger partial charge in [0.15, 0.2) is 0 Å². The number of carbonyl (C=O) groups is 3. The molecular formula is C21H29N3O5. The monoisotopic (exact) mass is 403 g/mol. The number of terminal acetylenes is 1. The second-order valence-corrected chi connectivity index (χ2v) is 8.48. The molecule has 29 heavy (non-hydrogen) atoms. The van der Waals surface area contributed by atoms with Crippen molar-refractivity contribution in [1.29, 1.82) is 0 Å². The molecular weight excluding hydrogens is 374 g/mol. The third-order valence-electron chi connectivity index (χ3n) is 3.40. The van der Waals surface area contributed by atoms with Crippen molar-refractivity contribution < 1.29 is 24.2 Å². The maximum Gasteiger partial charge on any atom is 0.408 e. The molecule has 1 aromatic rings. The Morgan fingerprint density at radius 1 is 1.14 bits per heavy atom. The summed E-state index contributed by atoms with van der Waals surface area (Å²) in [6.07, 6.45) is 4.76. The van der Waals surface area contributed by atoms with Crippen molar-refractivity contribution in [2.45, 2.75) is 58.7 Å². The molecule has 1 rings (SSSR count). The highest BCUT2D eigenvalue weighted by atomic mass is 16.6. The van der Waals surface area contributed by atoms with Gasteiger partial charge in [0.05, 0.1) is 0 Å². The van der Waals surface area contributed by atoms with Crippen LogP contribution in [-0.4, -0.2) is 45.6 Å². The van der Waals surface area contributed by atoms with Gasteiger partial charge in [-0.3, -0.25) is 14.5 Å². The highest BCUT2D eigenvalue weighted by Gasteiger charge is 2.33. The summed E-state index contributed by atoms with van der Waals surface area (Å²) < 4.78 is 5.09. The average molecular weight is 403 g/mol. The quantitative estimate of drug-likeness (QED) is 0.516. The van der Waals surface area contributed by atoms with Gasteiger partial charge in [0.25, 0.3) is 5.91 Å². The molecule has 3 amide bonds. The number of nitrogens with zero attached hydrogens (tertiary/aromatic N) is 1. The number of amides is 3. The Bertz CT molecular complexity index is 783. The van der Waals surface area contributed by atoms with Gasteiger partial charge in [-0.1, -0.05) is 18.6 Å². The Morgan fingerprint density at radius 2 is 1.69 bits per heavy atom. The number of carbonyl (C=O) groups excluding carboxylic acids is 3. The van der Waals surface area contributed by atoms with Crippen LogP contribution in [0.1, 0.15) is 53.1 Å². The first-order valence-electron chi connectivity index (χ1n) is 9.09. The number of hydrogen-bond donors (Lipinski definition) is 3. The van der Waals surface area contributed by atoms with Crippen molar-refractivity contribution >= 4 is 17.9 Å². The van der Waals surface area contributed by atoms with Gasteiger partial charge >= 0.3 is 6.09 Å². The molecule has 1 unspecified atom stereocenters. The molecule has 158 valence electrons. The van der Waals surface area contributed by atoms with Crippen LogP contribution in [0.25, 0.3) is 0 Å². The van der Waals surface area contributed by atoms with Gasteiger partial charge in [-0.2, -0.15) is 0 Å². The van der Waals surface area contributed by atoms with Crippen molar-refractivity contribution in [1.82, 2.24) is 15.5 Å². The number of hydrogen-bond acceptors (Lipinski definition) is 5. The third-order valence-corrected chi connectivity index (χ3v) is 3.40. The second-order valence-electron chi connectivity index (χ2n) is 8.48. The van der Waals surface area contributed by atoms with Crippen molar-refractivity contribution in [3.05, 3.63) is 29.8 Å². The first-order valence-corrected chi connectivity index (χ1v) is 9.09. The standard InChI is InChI=1S/C21H29N3O5/c1-8-24(16(26)13-22-19(28)29-21(5,6)7)17(18(27)23-20(2,3)4)14-9-11-15(25)12-10-14/h1,9-12,17,25H,13H2,2-7H3,(H,22,28)(H,23,27). The van der Waals surface area contributed by atoms with E-state index in [2.05, 4.69) is 16.7 Å². The summed E-state index contributed by atoms with van der Waals surface area (Å²) in [6, 6.07) is 6.87. The number of phenols is 1. The number of benzene rings is 1. The van der Waals surface area contributed by atoms with E-state index in [0.717, 1.165) is 4.90 Å². The normalized spacial score (nSPS) is 12.3. The largest absolute Gasteiger partial charge is 0.508 e. The van der Waals surface area contributed by atoms with Crippen molar-refractivity contribution in [2.24, 2.45) is 0 Å². The van der Waals surface area contributed by atoms with Crippen LogP contribution in [0.3, 0.4) is 0 Å². The number of phenolic OH excluding ortho intramolecular Hbond substituents is 1. The summed E-state index contributed by atoms with van der Waals surface area (Å²) in [7, 11) is 0. The molecule has 0 fully saturated rings. The summed E-state index contributed by atoms with van der Waals surface area (Å²) in [4.78, 5) is 38.3. The summed E-state index contributed by atoms with van der Waals surface area (Å²) >= 11 is 0. The SMILES string of the molecule is C#CN(C(=O)CNC(=O)OC(C)(C)C)C(C(=O)NC(C)(C)C)c1ccc(O)cc1. The van der Waals surface area contributed by atoms with Crippen molar-refractivity contribution in [3.63, 3.8) is 0 Å². The molecule has 0 aromatic heterocycles. The molecule has 1 aromatic carbocycles. The van der Waals surface area contributed by atoms with E-state index in [1.807, 2.05) is 0 Å². The predicted molar refractivity (Wildman–Crippen MR) is 109 cm³/mol. The average Bonchev–Trinajstić information content (AvgIpc) is 2.55. The Hall–Kier alpha value is -3.21. The summed E-state index contributed by atoms with van der Waals surface area (Å²) in [6.45, 7) is 10.0. The minimum atomic E-state index is -1.15. The lowest BCUT2D eigenvalue weighted by molar-refractivity contribution is -0.137. The van der Waals surface area contributed by atoms with E-state index in [1.165, 1.54) is 24.3 Å². The molecule has 1 atom stereocenters. The zero-order chi connectivity index (χ0) is 22.4. The zero-order valence-electron chi connectivity index (χ0n) is 17.7. The first-order chi connectivity index (χ1) is 13.2. The summed E-state index contributed by atoms with van der Waals surface area (Å²) in [5.41, 5.74) is -0.877. The third kappa shape index (κ3) is 8.13. The Morgan fingerprint density at radius 3 is 2.14 bits per heavy atom. The lowest BCUT2D eigenvalue weighted by atomic mass is 10.0. The maximum atomic E-state index is 12.9. The van der Waals surface area contributed by atoms with Gasteiger partial charge in [-0.05, 0) is 59.2 Å². The number of nitrogens with one attached hydrogen (secondary N) is 2. The van der Waals surface area contributed by atoms with Crippen LogP contribution in [0, 0.1) is 12.5 Å². The van der Waals surface area contributed by atoms with Crippen LogP contribution in [0.5, 0.6) is 5.75 Å². The molecule has 0 aliphatic heterocycles. The molecule has 0 radical (unpaired) electrons. The van der Waals surface area contributed by atoms with Crippen LogP contribution in [-0.2, 0) is 14.3 Å². The van der Waals surface area contributed by atoms with E-state index >= 15 is 0 Å². The van der Waals surface area contributed by atoms with E-state index in [-0.39, 0.29) is 5.75 Å². The summed E-state index contributed by atoms with van der Waals surface area (Å²) in [5, 5.41) is 14.7. The highest BCUT2D eigenvalue weighted by Crippen LogP contribution is 2.24. The number of alkyl carbamates (subject to hydrolysis) is 1. The topological polar surface area (TPSA) is 108 Å². The van der Waals surface area contributed by atoms with Gasteiger partial charge < -0.3 is 20.5 Å². The van der Waals surface area contributed by atoms with Crippen LogP contribution >= 0.6 is 0 Å². The lowest BCUT2D eigenvalue weighted by Gasteiger charge is -2.30. The van der Waals surface area contributed by atoms with Crippen LogP contribution in [0.15, 0.2) is 24.3 Å². The fourth-order valence-corrected chi connectivity index (χ4v) is 2.35. The van der Waals surface area contributed by atoms with E-state index in [9.17, 15) is 19.5 Å². The molecule has 0 bridgehead atoms. The van der Waals surface area contributed by atoms with Gasteiger partial charge in [-0.25, -0.2) is 4.79 Å². The molecule has 0 saturated carbocycles. The molecule has 3 N–H and O–H groups in total. The Labute approximate surface area is 171 Å². The lowest BCUT2D eigenvalue weighted by Crippen LogP contribution is -2.49. The molecule has 0 heterocycles. The number of aromatic hydroxyl groups is 1. The van der Waals surface area contributed by atoms with E-state index in [4.69, 9.17) is 11.2 Å². The van der Waals surface area contributed by atoms with Crippen molar-refractivity contribution in [2.75, 3.05) is 6.54 Å². The molecule has 0 saturated heterocycles. The Kier molecular flexibility index (Phi) is 7.66. The van der Waals surface area contributed by atoms with E-state index < -0.39 is 41.6 Å². The van der Waals surface area contributed by atoms with Crippen LogP contribution in [0.4, 0.5) is 4.79 Å². The molecule has 8 nitrogen and oxygen atoms in total. The number of ether oxygens (including phenoxy) is 1. The highest BCUT2D eigenvalue weighted by molar-refractivity contribution is 5.91. The second kappa shape index (κ2) is 9.32. The minimum absolute atomic E-state index is 0.00825. The van der Waals surface area contributed by atoms with Gasteiger partial charge in [0.2, 0.25) is 5.91 Å². The minimum Gasteiger partial charge on any atom is -0.508 e. The zero-order valence-corrected chi connectivity index (χ0v) is 17.7. The molecule has 0 spiro atoms. The van der Waals surface area contributed by atoms with Crippen LogP contribution in [0.2, 0.25) is 0 Å². The van der Waals surface area contributed by atoms with Gasteiger partial charge in [-0.15, -0.1) is 0 Å². The molecule has 8 heteroatoms. The predicted octanol–water partition coefficient (Wildman–Crippen LogP) is 2.29. The maximum absolute atomic E-state index is 12.9. The number of rotatable bonds is 5. The fourth-order valence-electron chi connectivity index (χ4n) is 2.35.